The number of benzene rings is 6. The number of hydrogen-bond donors (Lipinski definition) is 0. The lowest BCUT2D eigenvalue weighted by atomic mass is 9.99. The van der Waals surface area contributed by atoms with Gasteiger partial charge in [0.1, 0.15) is 11.2 Å². The number of hydrogen-bond acceptors (Lipinski definition) is 4. The minimum absolute atomic E-state index is 0.133. The highest BCUT2D eigenvalue weighted by Gasteiger charge is 2.17. The zero-order chi connectivity index (χ0) is 28.0. The molecule has 0 radical (unpaired) electrons. The van der Waals surface area contributed by atoms with Gasteiger partial charge in [0, 0.05) is 16.3 Å². The largest absolute Gasteiger partial charge is 0.455 e. The van der Waals surface area contributed by atoms with Gasteiger partial charge in [-0.1, -0.05) is 109 Å². The summed E-state index contributed by atoms with van der Waals surface area (Å²) in [5, 5.41) is 4.61. The Morgan fingerprint density at radius 1 is 0.452 bits per heavy atom. The van der Waals surface area contributed by atoms with Gasteiger partial charge in [0.2, 0.25) is 5.28 Å². The highest BCUT2D eigenvalue weighted by Crippen LogP contribution is 2.37. The van der Waals surface area contributed by atoms with Gasteiger partial charge >= 0.3 is 0 Å². The van der Waals surface area contributed by atoms with Crippen LogP contribution < -0.4 is 0 Å². The number of fused-ring (bicyclic) bond motifs is 4. The van der Waals surface area contributed by atoms with Crippen LogP contribution in [0.5, 0.6) is 0 Å². The zero-order valence-corrected chi connectivity index (χ0v) is 23.1. The Morgan fingerprint density at radius 2 is 1.12 bits per heavy atom. The van der Waals surface area contributed by atoms with E-state index in [0.29, 0.717) is 11.6 Å². The molecule has 42 heavy (non-hydrogen) atoms. The highest BCUT2D eigenvalue weighted by atomic mass is 35.5. The van der Waals surface area contributed by atoms with Gasteiger partial charge in [-0.3, -0.25) is 0 Å². The smallest absolute Gasteiger partial charge is 0.226 e. The summed E-state index contributed by atoms with van der Waals surface area (Å²) in [5.74, 6) is 0.980. The first-order valence-corrected chi connectivity index (χ1v) is 14.1. The van der Waals surface area contributed by atoms with Crippen LogP contribution in [-0.2, 0) is 0 Å². The summed E-state index contributed by atoms with van der Waals surface area (Å²) in [7, 11) is 0. The molecule has 0 bridgehead atoms. The number of aromatic nitrogens is 3. The Balaban J connectivity index is 1.20. The van der Waals surface area contributed by atoms with Gasteiger partial charge in [0.05, 0.1) is 5.56 Å². The van der Waals surface area contributed by atoms with E-state index < -0.39 is 0 Å². The molecule has 0 saturated carbocycles. The van der Waals surface area contributed by atoms with Crippen LogP contribution in [0, 0.1) is 0 Å². The van der Waals surface area contributed by atoms with Gasteiger partial charge in [-0.2, -0.15) is 9.97 Å². The molecule has 8 aromatic rings. The molecule has 0 spiro atoms. The van der Waals surface area contributed by atoms with E-state index >= 15 is 0 Å². The van der Waals surface area contributed by atoms with Crippen LogP contribution in [0.15, 0.2) is 138 Å². The molecule has 5 heteroatoms. The summed E-state index contributed by atoms with van der Waals surface area (Å²) in [6.45, 7) is 0. The van der Waals surface area contributed by atoms with Crippen molar-refractivity contribution in [3.05, 3.63) is 139 Å². The molecule has 0 unspecified atom stereocenters. The molecule has 198 valence electrons. The average Bonchev–Trinajstić information content (AvgIpc) is 3.43. The third-order valence-corrected chi connectivity index (χ3v) is 7.85. The van der Waals surface area contributed by atoms with E-state index in [9.17, 15) is 0 Å². The van der Waals surface area contributed by atoms with Crippen molar-refractivity contribution in [2.24, 2.45) is 0 Å². The molecule has 6 aromatic carbocycles. The Kier molecular flexibility index (Phi) is 5.80. The third-order valence-electron chi connectivity index (χ3n) is 7.68. The first-order chi connectivity index (χ1) is 20.7. The van der Waals surface area contributed by atoms with Gasteiger partial charge in [-0.05, 0) is 68.9 Å². The first kappa shape index (κ1) is 24.5. The van der Waals surface area contributed by atoms with E-state index in [-0.39, 0.29) is 5.28 Å². The maximum Gasteiger partial charge on any atom is 0.226 e. The van der Waals surface area contributed by atoms with Crippen LogP contribution in [0.1, 0.15) is 0 Å². The molecule has 4 nitrogen and oxygen atoms in total. The predicted molar refractivity (Wildman–Crippen MR) is 171 cm³/mol. The van der Waals surface area contributed by atoms with Crippen molar-refractivity contribution >= 4 is 44.3 Å². The van der Waals surface area contributed by atoms with Gasteiger partial charge in [-0.15, -0.1) is 0 Å². The summed E-state index contributed by atoms with van der Waals surface area (Å²) in [5.41, 5.74) is 7.71. The van der Waals surface area contributed by atoms with E-state index in [4.69, 9.17) is 21.0 Å². The lowest BCUT2D eigenvalue weighted by molar-refractivity contribution is 0.669. The molecule has 0 N–H and O–H groups in total. The van der Waals surface area contributed by atoms with E-state index in [2.05, 4.69) is 94.9 Å². The van der Waals surface area contributed by atoms with Crippen LogP contribution in [0.3, 0.4) is 0 Å². The lowest BCUT2D eigenvalue weighted by Gasteiger charge is -2.07. The standard InChI is InChI=1S/C37H22ClN3O/c38-37-40-35(26-16-13-25(14-17-26)23-7-2-1-3-8-23)39-36(41-37)31-12-6-11-30-32-22-29(19-20-33(32)42-34(30)31)28-18-15-24-9-4-5-10-27(24)21-28/h1-22H. The van der Waals surface area contributed by atoms with Crippen LogP contribution in [0.4, 0.5) is 0 Å². The molecular formula is C37H22ClN3O. The quantitative estimate of drug-likeness (QED) is 0.215. The van der Waals surface area contributed by atoms with Crippen LogP contribution in [0.25, 0.3) is 77.7 Å². The topological polar surface area (TPSA) is 51.8 Å². The Morgan fingerprint density at radius 3 is 1.98 bits per heavy atom. The molecule has 0 amide bonds. The Bertz CT molecular complexity index is 2260. The maximum atomic E-state index is 6.44. The molecule has 0 aliphatic heterocycles. The van der Waals surface area contributed by atoms with Crippen molar-refractivity contribution in [1.29, 1.82) is 0 Å². The second kappa shape index (κ2) is 9.95. The summed E-state index contributed by atoms with van der Waals surface area (Å²) in [6.07, 6.45) is 0. The van der Waals surface area contributed by atoms with Gasteiger partial charge in [0.25, 0.3) is 0 Å². The summed E-state index contributed by atoms with van der Waals surface area (Å²) in [6, 6.07) is 45.7. The lowest BCUT2D eigenvalue weighted by Crippen LogP contribution is -1.97. The molecule has 2 heterocycles. The Hall–Kier alpha value is -5.32. The molecule has 2 aromatic heterocycles. The Labute approximate surface area is 246 Å². The fraction of sp³-hybridized carbons (Fsp3) is 0. The highest BCUT2D eigenvalue weighted by molar-refractivity contribution is 6.28. The average molecular weight is 560 g/mol. The van der Waals surface area contributed by atoms with E-state index in [1.165, 1.54) is 10.8 Å². The van der Waals surface area contributed by atoms with E-state index in [0.717, 1.165) is 55.3 Å². The minimum Gasteiger partial charge on any atom is -0.455 e. The molecule has 0 atom stereocenters. The van der Waals surface area contributed by atoms with Gasteiger partial charge < -0.3 is 4.42 Å². The normalized spacial score (nSPS) is 11.5. The molecular weight excluding hydrogens is 538 g/mol. The van der Waals surface area contributed by atoms with Crippen LogP contribution in [0.2, 0.25) is 5.28 Å². The number of rotatable bonds is 4. The van der Waals surface area contributed by atoms with Crippen molar-refractivity contribution in [3.63, 3.8) is 0 Å². The van der Waals surface area contributed by atoms with Crippen molar-refractivity contribution in [2.75, 3.05) is 0 Å². The molecule has 8 rings (SSSR count). The predicted octanol–water partition coefficient (Wildman–Crippen LogP) is 10.2. The van der Waals surface area contributed by atoms with Gasteiger partial charge in [0.15, 0.2) is 11.6 Å². The fourth-order valence-corrected chi connectivity index (χ4v) is 5.73. The zero-order valence-electron chi connectivity index (χ0n) is 22.3. The summed E-state index contributed by atoms with van der Waals surface area (Å²) in [4.78, 5) is 13.8. The number of halogens is 1. The second-order valence-corrected chi connectivity index (χ2v) is 10.6. The second-order valence-electron chi connectivity index (χ2n) is 10.3. The number of furan rings is 1. The maximum absolute atomic E-state index is 6.44. The third kappa shape index (κ3) is 4.30. The number of para-hydroxylation sites is 1. The van der Waals surface area contributed by atoms with Crippen molar-refractivity contribution in [1.82, 2.24) is 15.0 Å². The molecule has 0 saturated heterocycles. The molecule has 0 aliphatic carbocycles. The first-order valence-electron chi connectivity index (χ1n) is 13.7. The van der Waals surface area contributed by atoms with E-state index in [1.54, 1.807) is 0 Å². The molecule has 0 aliphatic rings. The van der Waals surface area contributed by atoms with Crippen molar-refractivity contribution in [3.8, 4) is 45.0 Å². The monoisotopic (exact) mass is 559 g/mol. The number of nitrogens with zero attached hydrogens (tertiary/aromatic N) is 3. The molecule has 0 fully saturated rings. The summed E-state index contributed by atoms with van der Waals surface area (Å²) < 4.78 is 6.41. The SMILES string of the molecule is Clc1nc(-c2ccc(-c3ccccc3)cc2)nc(-c2cccc3c2oc2ccc(-c4ccc5ccccc5c4)cc23)n1. The van der Waals surface area contributed by atoms with Crippen LogP contribution >= 0.6 is 11.6 Å². The van der Waals surface area contributed by atoms with Crippen molar-refractivity contribution in [2.45, 2.75) is 0 Å². The van der Waals surface area contributed by atoms with Crippen molar-refractivity contribution < 1.29 is 4.42 Å². The minimum atomic E-state index is 0.133. The van der Waals surface area contributed by atoms with Crippen LogP contribution in [-0.4, -0.2) is 15.0 Å². The van der Waals surface area contributed by atoms with E-state index in [1.807, 2.05) is 48.5 Å². The van der Waals surface area contributed by atoms with Gasteiger partial charge in [-0.25, -0.2) is 4.98 Å². The summed E-state index contributed by atoms with van der Waals surface area (Å²) >= 11 is 6.44. The fourth-order valence-electron chi connectivity index (χ4n) is 5.57.